The van der Waals surface area contributed by atoms with Crippen LogP contribution in [-0.4, -0.2) is 40.5 Å². The fraction of sp³-hybridized carbons (Fsp3) is 0.500. The normalized spacial score (nSPS) is 25.6. The summed E-state index contributed by atoms with van der Waals surface area (Å²) in [4.78, 5) is 28.0. The van der Waals surface area contributed by atoms with Crippen molar-refractivity contribution in [1.29, 1.82) is 0 Å². The summed E-state index contributed by atoms with van der Waals surface area (Å²) < 4.78 is 15.5. The second kappa shape index (κ2) is 6.50. The van der Waals surface area contributed by atoms with E-state index in [2.05, 4.69) is 17.3 Å². The van der Waals surface area contributed by atoms with Crippen LogP contribution in [0.2, 0.25) is 0 Å². The molecule has 5 nitrogen and oxygen atoms in total. The molecule has 1 aromatic heterocycles. The number of piperidine rings is 1. The fourth-order valence-electron chi connectivity index (χ4n) is 4.59. The third kappa shape index (κ3) is 2.82. The Balaban J connectivity index is 1.65. The zero-order valence-corrected chi connectivity index (χ0v) is 15.2. The number of amides is 1. The number of hydrogen-bond acceptors (Lipinski definition) is 3. The molecule has 2 bridgehead atoms. The Hall–Kier alpha value is -2.21. The van der Waals surface area contributed by atoms with Crippen molar-refractivity contribution in [2.45, 2.75) is 57.3 Å². The molecule has 2 saturated heterocycles. The molecule has 4 rings (SSSR count). The van der Waals surface area contributed by atoms with Gasteiger partial charge in [-0.15, -0.1) is 0 Å². The summed E-state index contributed by atoms with van der Waals surface area (Å²) in [6.07, 6.45) is 5.78. The minimum Gasteiger partial charge on any atom is -0.349 e. The lowest BCUT2D eigenvalue weighted by molar-refractivity contribution is 0.0881. The van der Waals surface area contributed by atoms with Crippen molar-refractivity contribution in [3.05, 3.63) is 46.0 Å². The topological polar surface area (TPSA) is 54.3 Å². The largest absolute Gasteiger partial charge is 0.349 e. The van der Waals surface area contributed by atoms with Crippen molar-refractivity contribution in [2.75, 3.05) is 7.05 Å². The van der Waals surface area contributed by atoms with Crippen LogP contribution in [0, 0.1) is 5.82 Å². The summed E-state index contributed by atoms with van der Waals surface area (Å²) in [7, 11) is 2.15. The summed E-state index contributed by atoms with van der Waals surface area (Å²) >= 11 is 0. The zero-order valence-electron chi connectivity index (χ0n) is 15.2. The highest BCUT2D eigenvalue weighted by Crippen LogP contribution is 2.34. The van der Waals surface area contributed by atoms with E-state index in [1.807, 2.05) is 11.5 Å². The van der Waals surface area contributed by atoms with Crippen molar-refractivity contribution in [2.24, 2.45) is 0 Å². The van der Waals surface area contributed by atoms with Crippen LogP contribution in [0.15, 0.2) is 29.2 Å². The first kappa shape index (κ1) is 17.2. The number of hydrogen-bond donors (Lipinski definition) is 1. The lowest BCUT2D eigenvalue weighted by Crippen LogP contribution is -2.49. The number of aryl methyl sites for hydroxylation is 1. The van der Waals surface area contributed by atoms with Crippen molar-refractivity contribution in [3.8, 4) is 0 Å². The molecule has 3 heterocycles. The van der Waals surface area contributed by atoms with E-state index < -0.39 is 11.2 Å². The van der Waals surface area contributed by atoms with Crippen molar-refractivity contribution >= 4 is 16.8 Å². The van der Waals surface area contributed by atoms with Gasteiger partial charge in [-0.25, -0.2) is 4.39 Å². The summed E-state index contributed by atoms with van der Waals surface area (Å²) in [5, 5.41) is 3.31. The van der Waals surface area contributed by atoms with Crippen molar-refractivity contribution in [1.82, 2.24) is 14.8 Å². The molecular weight excluding hydrogens is 333 g/mol. The van der Waals surface area contributed by atoms with E-state index in [0.29, 0.717) is 24.1 Å². The third-order valence-electron chi connectivity index (χ3n) is 6.06. The Morgan fingerprint density at radius 3 is 2.62 bits per heavy atom. The number of nitrogens with one attached hydrogen (secondary N) is 1. The number of nitrogens with zero attached hydrogens (tertiary/aromatic N) is 2. The Bertz CT molecular complexity index is 909. The van der Waals surface area contributed by atoms with Gasteiger partial charge >= 0.3 is 0 Å². The van der Waals surface area contributed by atoms with E-state index in [4.69, 9.17) is 0 Å². The molecule has 6 heteroatoms. The Morgan fingerprint density at radius 2 is 1.96 bits per heavy atom. The molecule has 0 aliphatic carbocycles. The second-order valence-electron chi connectivity index (χ2n) is 7.51. The molecule has 26 heavy (non-hydrogen) atoms. The van der Waals surface area contributed by atoms with Gasteiger partial charge in [-0.3, -0.25) is 9.59 Å². The predicted molar refractivity (Wildman–Crippen MR) is 98.9 cm³/mol. The predicted octanol–water partition coefficient (Wildman–Crippen LogP) is 2.52. The Labute approximate surface area is 151 Å². The second-order valence-corrected chi connectivity index (χ2v) is 7.51. The van der Waals surface area contributed by atoms with Gasteiger partial charge < -0.3 is 14.8 Å². The molecule has 2 unspecified atom stereocenters. The van der Waals surface area contributed by atoms with E-state index in [9.17, 15) is 14.0 Å². The molecule has 2 aliphatic rings. The number of aromatic nitrogens is 1. The lowest BCUT2D eigenvalue weighted by Gasteiger charge is -2.36. The van der Waals surface area contributed by atoms with E-state index in [1.54, 1.807) is 12.3 Å². The molecule has 0 saturated carbocycles. The molecule has 138 valence electrons. The average molecular weight is 357 g/mol. The van der Waals surface area contributed by atoms with Crippen molar-refractivity contribution < 1.29 is 9.18 Å². The molecule has 2 fully saturated rings. The smallest absolute Gasteiger partial charge is 0.256 e. The minimum atomic E-state index is -0.471. The lowest BCUT2D eigenvalue weighted by atomic mass is 9.97. The van der Waals surface area contributed by atoms with Crippen LogP contribution in [0.25, 0.3) is 10.9 Å². The van der Waals surface area contributed by atoms with Gasteiger partial charge in [-0.2, -0.15) is 0 Å². The fourth-order valence-corrected chi connectivity index (χ4v) is 4.59. The van der Waals surface area contributed by atoms with Gasteiger partial charge in [-0.05, 0) is 57.9 Å². The number of fused-ring (bicyclic) bond motifs is 3. The SMILES string of the molecule is CCn1cc(C(=O)NC2CC3CCC(C2)N3C)c(=O)c2cc(F)ccc21. The summed E-state index contributed by atoms with van der Waals surface area (Å²) in [5.41, 5.74) is 0.335. The Morgan fingerprint density at radius 1 is 1.27 bits per heavy atom. The summed E-state index contributed by atoms with van der Waals surface area (Å²) in [6, 6.07) is 5.26. The molecule has 2 atom stereocenters. The zero-order chi connectivity index (χ0) is 18.4. The number of carbonyl (C=O) groups is 1. The molecule has 1 aromatic carbocycles. The van der Waals surface area contributed by atoms with Gasteiger partial charge in [0.05, 0.1) is 5.52 Å². The standard InChI is InChI=1S/C20H24FN3O2/c1-3-24-11-17(19(25)16-8-12(21)4-7-18(16)24)20(26)22-13-9-14-5-6-15(10-13)23(14)2/h4,7-8,11,13-15H,3,5-6,9-10H2,1-2H3,(H,22,26). The van der Waals surface area contributed by atoms with E-state index in [1.165, 1.54) is 25.0 Å². The van der Waals surface area contributed by atoms with E-state index in [0.717, 1.165) is 12.8 Å². The van der Waals surface area contributed by atoms with Crippen LogP contribution in [0.3, 0.4) is 0 Å². The first-order chi connectivity index (χ1) is 12.5. The quantitative estimate of drug-likeness (QED) is 0.918. The number of pyridine rings is 1. The number of benzene rings is 1. The minimum absolute atomic E-state index is 0.0916. The molecule has 0 spiro atoms. The van der Waals surface area contributed by atoms with Gasteiger partial charge in [0.15, 0.2) is 0 Å². The van der Waals surface area contributed by atoms with Crippen LogP contribution in [0.5, 0.6) is 0 Å². The van der Waals surface area contributed by atoms with E-state index in [-0.39, 0.29) is 22.9 Å². The van der Waals surface area contributed by atoms with Crippen LogP contribution in [0.1, 0.15) is 43.0 Å². The van der Waals surface area contributed by atoms with Gasteiger partial charge in [-0.1, -0.05) is 0 Å². The molecular formula is C20H24FN3O2. The maximum absolute atomic E-state index is 13.6. The third-order valence-corrected chi connectivity index (χ3v) is 6.06. The average Bonchev–Trinajstić information content (AvgIpc) is 2.83. The number of halogens is 1. The Kier molecular flexibility index (Phi) is 4.31. The van der Waals surface area contributed by atoms with Gasteiger partial charge in [0, 0.05) is 36.3 Å². The molecule has 1 N–H and O–H groups in total. The number of rotatable bonds is 3. The summed E-state index contributed by atoms with van der Waals surface area (Å²) in [6.45, 7) is 2.53. The molecule has 2 aromatic rings. The maximum atomic E-state index is 13.6. The van der Waals surface area contributed by atoms with Gasteiger partial charge in [0.25, 0.3) is 5.91 Å². The monoisotopic (exact) mass is 357 g/mol. The summed E-state index contributed by atoms with van der Waals surface area (Å²) in [5.74, 6) is -0.820. The highest BCUT2D eigenvalue weighted by Gasteiger charge is 2.39. The van der Waals surface area contributed by atoms with Crippen LogP contribution in [0.4, 0.5) is 4.39 Å². The van der Waals surface area contributed by atoms with Crippen LogP contribution < -0.4 is 10.7 Å². The van der Waals surface area contributed by atoms with Gasteiger partial charge in [0.2, 0.25) is 5.43 Å². The number of carbonyl (C=O) groups excluding carboxylic acids is 1. The first-order valence-corrected chi connectivity index (χ1v) is 9.33. The van der Waals surface area contributed by atoms with E-state index >= 15 is 0 Å². The van der Waals surface area contributed by atoms with Crippen LogP contribution >= 0.6 is 0 Å². The van der Waals surface area contributed by atoms with Gasteiger partial charge in [0.1, 0.15) is 11.4 Å². The van der Waals surface area contributed by atoms with Crippen molar-refractivity contribution in [3.63, 3.8) is 0 Å². The molecule has 2 aliphatic heterocycles. The first-order valence-electron chi connectivity index (χ1n) is 9.33. The molecule has 1 amide bonds. The maximum Gasteiger partial charge on any atom is 0.256 e. The van der Waals surface area contributed by atoms with Crippen LogP contribution in [-0.2, 0) is 6.54 Å². The molecule has 0 radical (unpaired) electrons. The highest BCUT2D eigenvalue weighted by atomic mass is 19.1. The highest BCUT2D eigenvalue weighted by molar-refractivity contribution is 5.97.